The molecule has 0 fully saturated rings. The lowest BCUT2D eigenvalue weighted by atomic mass is 9.96. The summed E-state index contributed by atoms with van der Waals surface area (Å²) in [6.07, 6.45) is 3.35. The Morgan fingerprint density at radius 1 is 1.06 bits per heavy atom. The lowest BCUT2D eigenvalue weighted by Gasteiger charge is -2.13. The third-order valence-corrected chi connectivity index (χ3v) is 5.75. The van der Waals surface area contributed by atoms with Crippen molar-refractivity contribution in [2.45, 2.75) is 20.8 Å². The molecule has 0 bridgehead atoms. The van der Waals surface area contributed by atoms with E-state index in [0.717, 1.165) is 38.8 Å². The van der Waals surface area contributed by atoms with Crippen molar-refractivity contribution >= 4 is 39.7 Å². The fraction of sp³-hybridized carbons (Fsp3) is 0.148. The van der Waals surface area contributed by atoms with Crippen molar-refractivity contribution in [3.8, 4) is 16.9 Å². The Morgan fingerprint density at radius 3 is 2.41 bits per heavy atom. The molecule has 1 N–H and O–H groups in total. The summed E-state index contributed by atoms with van der Waals surface area (Å²) < 4.78 is 11.6. The zero-order valence-corrected chi connectivity index (χ0v) is 19.2. The van der Waals surface area contributed by atoms with E-state index in [0.29, 0.717) is 16.5 Å². The van der Waals surface area contributed by atoms with Gasteiger partial charge in [-0.15, -0.1) is 0 Å². The van der Waals surface area contributed by atoms with Crippen LogP contribution in [0.1, 0.15) is 23.6 Å². The third-order valence-electron chi connectivity index (χ3n) is 5.49. The summed E-state index contributed by atoms with van der Waals surface area (Å²) in [5.74, 6) is 0.464. The zero-order valence-electron chi connectivity index (χ0n) is 18.5. The van der Waals surface area contributed by atoms with Gasteiger partial charge in [-0.05, 0) is 62.2 Å². The van der Waals surface area contributed by atoms with Crippen LogP contribution in [0.2, 0.25) is 5.02 Å². The fourth-order valence-electron chi connectivity index (χ4n) is 3.81. The molecular weight excluding hydrogens is 422 g/mol. The predicted molar refractivity (Wildman–Crippen MR) is 131 cm³/mol. The van der Waals surface area contributed by atoms with Crippen LogP contribution < -0.4 is 10.1 Å². The van der Waals surface area contributed by atoms with Gasteiger partial charge in [0.2, 0.25) is 5.91 Å². The van der Waals surface area contributed by atoms with Gasteiger partial charge in [-0.3, -0.25) is 4.79 Å². The molecule has 32 heavy (non-hydrogen) atoms. The van der Waals surface area contributed by atoms with Crippen LogP contribution in [-0.4, -0.2) is 13.0 Å². The average molecular weight is 446 g/mol. The van der Waals surface area contributed by atoms with Crippen LogP contribution in [0.25, 0.3) is 27.7 Å². The largest absolute Gasteiger partial charge is 0.496 e. The molecule has 0 atom stereocenters. The van der Waals surface area contributed by atoms with E-state index in [-0.39, 0.29) is 5.91 Å². The number of carbonyl (C=O) groups is 1. The maximum absolute atomic E-state index is 12.6. The molecule has 0 saturated carbocycles. The van der Waals surface area contributed by atoms with E-state index >= 15 is 0 Å². The highest BCUT2D eigenvalue weighted by molar-refractivity contribution is 6.30. The normalized spacial score (nSPS) is 11.6. The van der Waals surface area contributed by atoms with E-state index < -0.39 is 0 Å². The van der Waals surface area contributed by atoms with Crippen molar-refractivity contribution in [3.05, 3.63) is 88.6 Å². The maximum atomic E-state index is 12.6. The number of ether oxygens (including phenoxy) is 1. The molecule has 162 valence electrons. The van der Waals surface area contributed by atoms with Crippen LogP contribution in [-0.2, 0) is 4.79 Å². The first-order valence-electron chi connectivity index (χ1n) is 10.3. The number of benzene rings is 3. The molecule has 5 heteroatoms. The molecule has 0 radical (unpaired) electrons. The first-order valence-corrected chi connectivity index (χ1v) is 10.7. The first-order chi connectivity index (χ1) is 15.4. The molecule has 0 aliphatic carbocycles. The van der Waals surface area contributed by atoms with E-state index in [1.54, 1.807) is 43.7 Å². The summed E-state index contributed by atoms with van der Waals surface area (Å²) in [7, 11) is 1.63. The minimum Gasteiger partial charge on any atom is -0.496 e. The number of aryl methyl sites for hydroxylation is 2. The van der Waals surface area contributed by atoms with Gasteiger partial charge in [-0.25, -0.2) is 0 Å². The molecule has 0 unspecified atom stereocenters. The minimum absolute atomic E-state index is 0.226. The summed E-state index contributed by atoms with van der Waals surface area (Å²) in [5, 5.41) is 4.46. The molecule has 0 spiro atoms. The highest BCUT2D eigenvalue weighted by Crippen LogP contribution is 2.40. The Balaban J connectivity index is 1.75. The van der Waals surface area contributed by atoms with E-state index in [9.17, 15) is 4.79 Å². The Kier molecular flexibility index (Phi) is 6.06. The van der Waals surface area contributed by atoms with Crippen molar-refractivity contribution in [2.24, 2.45) is 0 Å². The van der Waals surface area contributed by atoms with Crippen molar-refractivity contribution in [2.75, 3.05) is 12.4 Å². The second kappa shape index (κ2) is 8.93. The second-order valence-electron chi connectivity index (χ2n) is 7.80. The molecule has 4 aromatic rings. The molecule has 3 aromatic carbocycles. The number of methoxy groups -OCH3 is 1. The zero-order chi connectivity index (χ0) is 22.8. The van der Waals surface area contributed by atoms with E-state index in [4.69, 9.17) is 20.8 Å². The molecular formula is C27H24ClNO3. The number of nitrogens with one attached hydrogen (secondary N) is 1. The Bertz CT molecular complexity index is 1320. The second-order valence-corrected chi connectivity index (χ2v) is 8.23. The van der Waals surface area contributed by atoms with Gasteiger partial charge in [0.25, 0.3) is 0 Å². The van der Waals surface area contributed by atoms with Crippen molar-refractivity contribution in [1.29, 1.82) is 0 Å². The molecule has 1 amide bonds. The van der Waals surface area contributed by atoms with Crippen molar-refractivity contribution in [3.63, 3.8) is 0 Å². The lowest BCUT2D eigenvalue weighted by Crippen LogP contribution is -2.08. The molecule has 4 nitrogen and oxygen atoms in total. The van der Waals surface area contributed by atoms with Crippen LogP contribution in [0, 0.1) is 13.8 Å². The van der Waals surface area contributed by atoms with Crippen LogP contribution >= 0.6 is 11.6 Å². The summed E-state index contributed by atoms with van der Waals surface area (Å²) in [4.78, 5) is 12.6. The van der Waals surface area contributed by atoms with E-state index in [1.165, 1.54) is 5.56 Å². The summed E-state index contributed by atoms with van der Waals surface area (Å²) in [6, 6.07) is 17.4. The number of carbonyl (C=O) groups excluding carboxylic acids is 1. The van der Waals surface area contributed by atoms with Crippen LogP contribution in [0.3, 0.4) is 0 Å². The number of rotatable bonds is 5. The summed E-state index contributed by atoms with van der Waals surface area (Å²) in [6.45, 7) is 5.93. The summed E-state index contributed by atoms with van der Waals surface area (Å²) in [5.41, 5.74) is 7.26. The molecule has 0 aliphatic rings. The number of halogens is 1. The number of allylic oxidation sites excluding steroid dienone is 1. The standard InChI is InChI=1S/C27H24ClNO3/c1-16-5-7-19(8-6-16)24-15-32-27-18(3)26(31-4)22(14-23(24)27)17(2)13-25(30)29-21-11-9-20(28)10-12-21/h5-15H,1-4H3,(H,29,30)/b17-13+. The smallest absolute Gasteiger partial charge is 0.248 e. The first kappa shape index (κ1) is 21.7. The number of fused-ring (bicyclic) bond motifs is 1. The molecule has 1 heterocycles. The van der Waals surface area contributed by atoms with Crippen molar-refractivity contribution < 1.29 is 13.9 Å². The maximum Gasteiger partial charge on any atom is 0.248 e. The molecule has 1 aromatic heterocycles. The number of furan rings is 1. The lowest BCUT2D eigenvalue weighted by molar-refractivity contribution is -0.111. The van der Waals surface area contributed by atoms with Crippen LogP contribution in [0.4, 0.5) is 5.69 Å². The Morgan fingerprint density at radius 2 is 1.75 bits per heavy atom. The van der Waals surface area contributed by atoms with E-state index in [2.05, 4.69) is 36.5 Å². The van der Waals surface area contributed by atoms with E-state index in [1.807, 2.05) is 19.9 Å². The minimum atomic E-state index is -0.226. The van der Waals surface area contributed by atoms with Gasteiger partial charge in [-0.1, -0.05) is 41.4 Å². The van der Waals surface area contributed by atoms with Gasteiger partial charge in [0.1, 0.15) is 11.3 Å². The van der Waals surface area contributed by atoms with Gasteiger partial charge in [0.05, 0.1) is 13.4 Å². The number of anilines is 1. The van der Waals surface area contributed by atoms with Crippen LogP contribution in [0.15, 0.2) is 71.4 Å². The quantitative estimate of drug-likeness (QED) is 0.325. The third kappa shape index (κ3) is 4.27. The van der Waals surface area contributed by atoms with Gasteiger partial charge in [-0.2, -0.15) is 0 Å². The molecule has 0 saturated heterocycles. The SMILES string of the molecule is COc1c(/C(C)=C/C(=O)Nc2ccc(Cl)cc2)cc2c(-c3ccc(C)cc3)coc2c1C. The number of hydrogen-bond acceptors (Lipinski definition) is 3. The molecule has 4 rings (SSSR count). The van der Waals surface area contributed by atoms with Gasteiger partial charge in [0.15, 0.2) is 0 Å². The van der Waals surface area contributed by atoms with Crippen LogP contribution in [0.5, 0.6) is 5.75 Å². The monoisotopic (exact) mass is 445 g/mol. The van der Waals surface area contributed by atoms with Gasteiger partial charge in [0, 0.05) is 38.9 Å². The number of amides is 1. The number of hydrogen-bond donors (Lipinski definition) is 1. The highest BCUT2D eigenvalue weighted by Gasteiger charge is 2.18. The topological polar surface area (TPSA) is 51.5 Å². The predicted octanol–water partition coefficient (Wildman–Crippen LogP) is 7.42. The fourth-order valence-corrected chi connectivity index (χ4v) is 3.94. The Labute approximate surface area is 192 Å². The summed E-state index contributed by atoms with van der Waals surface area (Å²) >= 11 is 5.92. The molecule has 0 aliphatic heterocycles. The van der Waals surface area contributed by atoms with Gasteiger partial charge >= 0.3 is 0 Å². The average Bonchev–Trinajstić information content (AvgIpc) is 3.20. The van der Waals surface area contributed by atoms with Crippen molar-refractivity contribution in [1.82, 2.24) is 0 Å². The highest BCUT2D eigenvalue weighted by atomic mass is 35.5. The van der Waals surface area contributed by atoms with Gasteiger partial charge < -0.3 is 14.5 Å². The Hall–Kier alpha value is -3.50.